The molecule has 0 aliphatic carbocycles. The van der Waals surface area contributed by atoms with Crippen molar-refractivity contribution >= 4 is 28.9 Å². The maximum absolute atomic E-state index is 13.3. The van der Waals surface area contributed by atoms with Crippen LogP contribution in [0.3, 0.4) is 0 Å². The zero-order valence-corrected chi connectivity index (χ0v) is 16.5. The molecule has 10 heteroatoms. The minimum Gasteiger partial charge on any atom is -0.324 e. The number of amides is 1. The van der Waals surface area contributed by atoms with Gasteiger partial charge >= 0.3 is 6.18 Å². The first-order valence-electron chi connectivity index (χ1n) is 9.27. The van der Waals surface area contributed by atoms with Gasteiger partial charge in [0.15, 0.2) is 0 Å². The smallest absolute Gasteiger partial charge is 0.324 e. The first kappa shape index (κ1) is 22.0. The number of likely N-dealkylation sites (tertiary alicyclic amines) is 1. The SMILES string of the molecule is O=C(Nc1ccc(Cl)c([N+](=O)[O-])c1)[C@@H](c1ccccc1)N1CCC[C@@H](C(F)(F)F)C1. The van der Waals surface area contributed by atoms with E-state index >= 15 is 0 Å². The first-order valence-corrected chi connectivity index (χ1v) is 9.65. The van der Waals surface area contributed by atoms with Crippen LogP contribution in [0.1, 0.15) is 24.4 Å². The molecule has 0 aromatic heterocycles. The molecule has 6 nitrogen and oxygen atoms in total. The van der Waals surface area contributed by atoms with Crippen molar-refractivity contribution in [2.24, 2.45) is 5.92 Å². The molecule has 2 aromatic carbocycles. The predicted octanol–water partition coefficient (Wildman–Crippen LogP) is 5.20. The molecule has 0 radical (unpaired) electrons. The Morgan fingerprint density at radius 2 is 1.93 bits per heavy atom. The van der Waals surface area contributed by atoms with Crippen molar-refractivity contribution in [2.45, 2.75) is 25.1 Å². The van der Waals surface area contributed by atoms with Crippen LogP contribution in [-0.2, 0) is 4.79 Å². The van der Waals surface area contributed by atoms with Crippen LogP contribution in [-0.4, -0.2) is 35.0 Å². The van der Waals surface area contributed by atoms with Crippen LogP contribution in [0.5, 0.6) is 0 Å². The summed E-state index contributed by atoms with van der Waals surface area (Å²) in [6.07, 6.45) is -4.01. The third kappa shape index (κ3) is 5.09. The summed E-state index contributed by atoms with van der Waals surface area (Å²) in [5.41, 5.74) is 0.309. The highest BCUT2D eigenvalue weighted by Crippen LogP contribution is 2.36. The van der Waals surface area contributed by atoms with E-state index < -0.39 is 29.0 Å². The molecule has 2 aromatic rings. The molecular weight excluding hydrogens is 423 g/mol. The van der Waals surface area contributed by atoms with Crippen molar-refractivity contribution < 1.29 is 22.9 Å². The average molecular weight is 442 g/mol. The van der Waals surface area contributed by atoms with E-state index in [1.54, 1.807) is 30.3 Å². The number of piperidine rings is 1. The Bertz CT molecular complexity index is 925. The van der Waals surface area contributed by atoms with E-state index in [9.17, 15) is 28.1 Å². The van der Waals surface area contributed by atoms with Crippen molar-refractivity contribution in [3.63, 3.8) is 0 Å². The number of hydrogen-bond donors (Lipinski definition) is 1. The zero-order valence-electron chi connectivity index (χ0n) is 15.7. The lowest BCUT2D eigenvalue weighted by atomic mass is 9.94. The van der Waals surface area contributed by atoms with Gasteiger partial charge in [0.25, 0.3) is 5.69 Å². The number of halogens is 4. The molecule has 160 valence electrons. The summed E-state index contributed by atoms with van der Waals surface area (Å²) >= 11 is 5.80. The number of rotatable bonds is 5. The van der Waals surface area contributed by atoms with Gasteiger partial charge in [-0.25, -0.2) is 0 Å². The second kappa shape index (κ2) is 9.01. The quantitative estimate of drug-likeness (QED) is 0.511. The van der Waals surface area contributed by atoms with Crippen LogP contribution in [0.15, 0.2) is 48.5 Å². The Morgan fingerprint density at radius 1 is 1.23 bits per heavy atom. The number of nitrogens with zero attached hydrogens (tertiary/aromatic N) is 2. The van der Waals surface area contributed by atoms with Crippen LogP contribution in [0.25, 0.3) is 0 Å². The van der Waals surface area contributed by atoms with Gasteiger partial charge in [-0.2, -0.15) is 13.2 Å². The van der Waals surface area contributed by atoms with Crippen LogP contribution in [0.4, 0.5) is 24.5 Å². The summed E-state index contributed by atoms with van der Waals surface area (Å²) in [6.45, 7) is 0.0393. The Balaban J connectivity index is 1.89. The predicted molar refractivity (Wildman–Crippen MR) is 106 cm³/mol. The standard InChI is InChI=1S/C20H19ClF3N3O3/c21-16-9-8-15(11-17(16)27(29)30)25-19(28)18(13-5-2-1-3-6-13)26-10-4-7-14(12-26)20(22,23)24/h1-3,5-6,8-9,11,14,18H,4,7,10,12H2,(H,25,28)/t14-,18-/m1/s1. The van der Waals surface area contributed by atoms with Gasteiger partial charge in [-0.15, -0.1) is 0 Å². The van der Waals surface area contributed by atoms with Crippen molar-refractivity contribution in [1.29, 1.82) is 0 Å². The molecule has 0 unspecified atom stereocenters. The molecule has 0 saturated carbocycles. The topological polar surface area (TPSA) is 75.5 Å². The number of hydrogen-bond acceptors (Lipinski definition) is 4. The molecule has 3 rings (SSSR count). The molecule has 0 spiro atoms. The number of nitrogens with one attached hydrogen (secondary N) is 1. The fourth-order valence-electron chi connectivity index (χ4n) is 3.61. The lowest BCUT2D eigenvalue weighted by molar-refractivity contribution is -0.384. The van der Waals surface area contributed by atoms with Crippen LogP contribution >= 0.6 is 11.6 Å². The van der Waals surface area contributed by atoms with Gasteiger partial charge in [0, 0.05) is 18.3 Å². The summed E-state index contributed by atoms with van der Waals surface area (Å²) in [5, 5.41) is 13.6. The molecule has 30 heavy (non-hydrogen) atoms. The molecule has 1 amide bonds. The summed E-state index contributed by atoms with van der Waals surface area (Å²) in [5.74, 6) is -2.08. The summed E-state index contributed by atoms with van der Waals surface area (Å²) in [7, 11) is 0. The number of carbonyl (C=O) groups excluding carboxylic acids is 1. The van der Waals surface area contributed by atoms with Crippen LogP contribution in [0.2, 0.25) is 5.02 Å². The molecule has 1 saturated heterocycles. The molecule has 2 atom stereocenters. The summed E-state index contributed by atoms with van der Waals surface area (Å²) < 4.78 is 39.8. The highest BCUT2D eigenvalue weighted by Gasteiger charge is 2.44. The van der Waals surface area contributed by atoms with E-state index in [1.807, 2.05) is 0 Å². The van der Waals surface area contributed by atoms with Gasteiger partial charge in [0.1, 0.15) is 11.1 Å². The van der Waals surface area contributed by atoms with E-state index in [1.165, 1.54) is 17.0 Å². The third-order valence-electron chi connectivity index (χ3n) is 5.05. The second-order valence-corrected chi connectivity index (χ2v) is 7.51. The normalized spacial score (nSPS) is 18.6. The van der Waals surface area contributed by atoms with Crippen molar-refractivity contribution in [3.05, 3.63) is 69.2 Å². The fraction of sp³-hybridized carbons (Fsp3) is 0.350. The monoisotopic (exact) mass is 441 g/mol. The maximum atomic E-state index is 13.3. The summed E-state index contributed by atoms with van der Waals surface area (Å²) in [4.78, 5) is 25.0. The van der Waals surface area contributed by atoms with Crippen LogP contribution < -0.4 is 5.32 Å². The molecule has 1 aliphatic rings. The lowest BCUT2D eigenvalue weighted by Crippen LogP contribution is -2.46. The van der Waals surface area contributed by atoms with Gasteiger partial charge in [-0.1, -0.05) is 41.9 Å². The number of nitro benzene ring substituents is 1. The maximum Gasteiger partial charge on any atom is 0.393 e. The van der Waals surface area contributed by atoms with Crippen molar-refractivity contribution in [2.75, 3.05) is 18.4 Å². The largest absolute Gasteiger partial charge is 0.393 e. The van der Waals surface area contributed by atoms with Crippen LogP contribution in [0, 0.1) is 16.0 Å². The highest BCUT2D eigenvalue weighted by atomic mass is 35.5. The van der Waals surface area contributed by atoms with E-state index in [4.69, 9.17) is 11.6 Å². The molecular formula is C20H19ClF3N3O3. The molecule has 1 N–H and O–H groups in total. The van der Waals surface area contributed by atoms with Gasteiger partial charge in [0.2, 0.25) is 5.91 Å². The Labute approximate surface area is 175 Å². The molecule has 1 heterocycles. The Kier molecular flexibility index (Phi) is 6.62. The van der Waals surface area contributed by atoms with Crippen molar-refractivity contribution in [3.8, 4) is 0 Å². The number of carbonyl (C=O) groups is 1. The molecule has 1 aliphatic heterocycles. The van der Waals surface area contributed by atoms with Gasteiger partial charge < -0.3 is 5.32 Å². The second-order valence-electron chi connectivity index (χ2n) is 7.10. The molecule has 0 bridgehead atoms. The third-order valence-corrected chi connectivity index (χ3v) is 5.37. The number of nitro groups is 1. The average Bonchev–Trinajstić information content (AvgIpc) is 2.70. The Morgan fingerprint density at radius 3 is 2.57 bits per heavy atom. The number of alkyl halides is 3. The van der Waals surface area contributed by atoms with E-state index in [2.05, 4.69) is 5.32 Å². The number of benzene rings is 2. The fourth-order valence-corrected chi connectivity index (χ4v) is 3.80. The van der Waals surface area contributed by atoms with E-state index in [-0.39, 0.29) is 29.4 Å². The first-order chi connectivity index (χ1) is 14.2. The minimum atomic E-state index is -4.34. The van der Waals surface area contributed by atoms with Gasteiger partial charge in [-0.3, -0.25) is 19.8 Å². The Hall–Kier alpha value is -2.65. The number of anilines is 1. The van der Waals surface area contributed by atoms with E-state index in [0.717, 1.165) is 6.07 Å². The minimum absolute atomic E-state index is 0.0203. The zero-order chi connectivity index (χ0) is 21.9. The van der Waals surface area contributed by atoms with Gasteiger partial charge in [-0.05, 0) is 37.1 Å². The summed E-state index contributed by atoms with van der Waals surface area (Å²) in [6, 6.07) is 11.3. The van der Waals surface area contributed by atoms with Crippen molar-refractivity contribution in [1.82, 2.24) is 4.90 Å². The molecule has 1 fully saturated rings. The lowest BCUT2D eigenvalue weighted by Gasteiger charge is -2.38. The highest BCUT2D eigenvalue weighted by molar-refractivity contribution is 6.32. The van der Waals surface area contributed by atoms with Gasteiger partial charge in [0.05, 0.1) is 10.8 Å². The van der Waals surface area contributed by atoms with E-state index in [0.29, 0.717) is 18.5 Å².